The molecule has 0 saturated carbocycles. The number of hydrogen-bond acceptors (Lipinski definition) is 5. The molecule has 1 saturated heterocycles. The van der Waals surface area contributed by atoms with Gasteiger partial charge in [-0.05, 0) is 43.2 Å². The van der Waals surface area contributed by atoms with E-state index in [0.717, 1.165) is 17.3 Å². The second kappa shape index (κ2) is 8.33. The Kier molecular flexibility index (Phi) is 6.08. The maximum absolute atomic E-state index is 12.6. The number of ketones is 1. The summed E-state index contributed by atoms with van der Waals surface area (Å²) in [5, 5.41) is 0. The van der Waals surface area contributed by atoms with Crippen LogP contribution in [0.15, 0.2) is 57.9 Å². The first-order valence-electron chi connectivity index (χ1n) is 8.44. The molecule has 0 bridgehead atoms. The summed E-state index contributed by atoms with van der Waals surface area (Å²) in [5.74, 6) is -1.07. The minimum Gasteiger partial charge on any atom is -0.454 e. The summed E-state index contributed by atoms with van der Waals surface area (Å²) in [5.41, 5.74) is 0.523. The van der Waals surface area contributed by atoms with Gasteiger partial charge in [0.25, 0.3) is 0 Å². The zero-order chi connectivity index (χ0) is 19.4. The van der Waals surface area contributed by atoms with Crippen LogP contribution in [0.1, 0.15) is 33.6 Å². The molecule has 2 aromatic carbocycles. The summed E-state index contributed by atoms with van der Waals surface area (Å²) in [6.07, 6.45) is 1.66. The molecule has 1 aliphatic heterocycles. The van der Waals surface area contributed by atoms with Gasteiger partial charge in [0.2, 0.25) is 10.0 Å². The topological polar surface area (TPSA) is 80.8 Å². The molecule has 0 N–H and O–H groups in total. The van der Waals surface area contributed by atoms with Crippen LogP contribution in [-0.4, -0.2) is 44.2 Å². The molecule has 6 nitrogen and oxygen atoms in total. The van der Waals surface area contributed by atoms with Crippen molar-refractivity contribution in [3.05, 3.63) is 64.1 Å². The summed E-state index contributed by atoms with van der Waals surface area (Å²) in [6, 6.07) is 12.4. The van der Waals surface area contributed by atoms with E-state index in [1.165, 1.54) is 28.6 Å². The third-order valence-electron chi connectivity index (χ3n) is 4.27. The Bertz CT molecular complexity index is 950. The van der Waals surface area contributed by atoms with Crippen LogP contribution in [0.3, 0.4) is 0 Å². The Morgan fingerprint density at radius 3 is 2.33 bits per heavy atom. The van der Waals surface area contributed by atoms with Crippen LogP contribution in [0.5, 0.6) is 0 Å². The van der Waals surface area contributed by atoms with Crippen molar-refractivity contribution in [2.45, 2.75) is 17.7 Å². The predicted molar refractivity (Wildman–Crippen MR) is 103 cm³/mol. The maximum Gasteiger partial charge on any atom is 0.338 e. The molecule has 0 radical (unpaired) electrons. The standard InChI is InChI=1S/C19H18BrNO5S/c20-16-8-6-14(7-9-16)18(22)13-26-19(23)15-4-3-5-17(12-15)27(24,25)21-10-1-2-11-21/h3-9,12H,1-2,10-11,13H2. The third kappa shape index (κ3) is 4.63. The van der Waals surface area contributed by atoms with Gasteiger partial charge in [0.1, 0.15) is 0 Å². The van der Waals surface area contributed by atoms with Crippen molar-refractivity contribution in [1.82, 2.24) is 4.31 Å². The van der Waals surface area contributed by atoms with Crippen molar-refractivity contribution in [3.8, 4) is 0 Å². The minimum absolute atomic E-state index is 0.0538. The van der Waals surface area contributed by atoms with Crippen molar-refractivity contribution >= 4 is 37.7 Å². The molecule has 0 spiro atoms. The first-order chi connectivity index (χ1) is 12.9. The molecular formula is C19H18BrNO5S. The Labute approximate surface area is 166 Å². The number of carbonyl (C=O) groups is 2. The Morgan fingerprint density at radius 1 is 1.00 bits per heavy atom. The minimum atomic E-state index is -3.62. The van der Waals surface area contributed by atoms with Gasteiger partial charge in [-0.1, -0.05) is 34.1 Å². The van der Waals surface area contributed by atoms with E-state index in [1.807, 2.05) is 0 Å². The molecule has 2 aromatic rings. The SMILES string of the molecule is O=C(COC(=O)c1cccc(S(=O)(=O)N2CCCC2)c1)c1ccc(Br)cc1. The summed E-state index contributed by atoms with van der Waals surface area (Å²) in [7, 11) is -3.62. The highest BCUT2D eigenvalue weighted by atomic mass is 79.9. The first-order valence-corrected chi connectivity index (χ1v) is 10.7. The average Bonchev–Trinajstić information content (AvgIpc) is 3.22. The molecule has 142 valence electrons. The molecule has 0 amide bonds. The highest BCUT2D eigenvalue weighted by Crippen LogP contribution is 2.22. The van der Waals surface area contributed by atoms with E-state index >= 15 is 0 Å². The summed E-state index contributed by atoms with van der Waals surface area (Å²) < 4.78 is 32.5. The Balaban J connectivity index is 1.68. The average molecular weight is 452 g/mol. The van der Waals surface area contributed by atoms with E-state index < -0.39 is 22.6 Å². The third-order valence-corrected chi connectivity index (χ3v) is 6.70. The van der Waals surface area contributed by atoms with E-state index in [2.05, 4.69) is 15.9 Å². The Morgan fingerprint density at radius 2 is 1.67 bits per heavy atom. The fourth-order valence-corrected chi connectivity index (χ4v) is 4.62. The van der Waals surface area contributed by atoms with E-state index in [0.29, 0.717) is 18.7 Å². The molecule has 1 fully saturated rings. The second-order valence-corrected chi connectivity index (χ2v) is 9.00. The number of ether oxygens (including phenoxy) is 1. The fraction of sp³-hybridized carbons (Fsp3) is 0.263. The van der Waals surface area contributed by atoms with Gasteiger partial charge in [-0.3, -0.25) is 4.79 Å². The van der Waals surface area contributed by atoms with Gasteiger partial charge in [0.15, 0.2) is 12.4 Å². The van der Waals surface area contributed by atoms with Crippen molar-refractivity contribution < 1.29 is 22.7 Å². The number of carbonyl (C=O) groups excluding carboxylic acids is 2. The molecule has 0 aliphatic carbocycles. The van der Waals surface area contributed by atoms with Crippen LogP contribution < -0.4 is 0 Å². The van der Waals surface area contributed by atoms with E-state index in [4.69, 9.17) is 4.74 Å². The number of rotatable bonds is 6. The van der Waals surface area contributed by atoms with Crippen LogP contribution in [0.25, 0.3) is 0 Å². The molecule has 8 heteroatoms. The van der Waals surface area contributed by atoms with Crippen LogP contribution in [0.4, 0.5) is 0 Å². The molecular weight excluding hydrogens is 434 g/mol. The molecule has 0 atom stereocenters. The second-order valence-electron chi connectivity index (χ2n) is 6.15. The van der Waals surface area contributed by atoms with Gasteiger partial charge >= 0.3 is 5.97 Å². The van der Waals surface area contributed by atoms with Crippen LogP contribution in [-0.2, 0) is 14.8 Å². The van der Waals surface area contributed by atoms with Gasteiger partial charge < -0.3 is 4.74 Å². The van der Waals surface area contributed by atoms with E-state index in [1.54, 1.807) is 24.3 Å². The van der Waals surface area contributed by atoms with Crippen molar-refractivity contribution in [2.24, 2.45) is 0 Å². The molecule has 0 aromatic heterocycles. The lowest BCUT2D eigenvalue weighted by Crippen LogP contribution is -2.28. The molecule has 1 aliphatic rings. The van der Waals surface area contributed by atoms with Gasteiger partial charge in [0.05, 0.1) is 10.5 Å². The maximum atomic E-state index is 12.6. The number of benzene rings is 2. The molecule has 1 heterocycles. The van der Waals surface area contributed by atoms with Gasteiger partial charge in [-0.25, -0.2) is 13.2 Å². The van der Waals surface area contributed by atoms with Gasteiger partial charge in [-0.15, -0.1) is 0 Å². The van der Waals surface area contributed by atoms with Crippen LogP contribution in [0.2, 0.25) is 0 Å². The number of Topliss-reactive ketones (excluding diaryl/α,β-unsaturated/α-hetero) is 1. The monoisotopic (exact) mass is 451 g/mol. The lowest BCUT2D eigenvalue weighted by atomic mass is 10.1. The predicted octanol–water partition coefficient (Wildman–Crippen LogP) is 3.27. The molecule has 3 rings (SSSR count). The van der Waals surface area contributed by atoms with Crippen molar-refractivity contribution in [3.63, 3.8) is 0 Å². The Hall–Kier alpha value is -2.03. The number of hydrogen-bond donors (Lipinski definition) is 0. The number of esters is 1. The lowest BCUT2D eigenvalue weighted by molar-refractivity contribution is 0.0474. The van der Waals surface area contributed by atoms with E-state index in [9.17, 15) is 18.0 Å². The molecule has 0 unspecified atom stereocenters. The zero-order valence-corrected chi connectivity index (χ0v) is 16.8. The highest BCUT2D eigenvalue weighted by Gasteiger charge is 2.27. The summed E-state index contributed by atoms with van der Waals surface area (Å²) in [4.78, 5) is 24.4. The van der Waals surface area contributed by atoms with Gasteiger partial charge in [0, 0.05) is 23.1 Å². The van der Waals surface area contributed by atoms with Crippen molar-refractivity contribution in [2.75, 3.05) is 19.7 Å². The van der Waals surface area contributed by atoms with Gasteiger partial charge in [-0.2, -0.15) is 4.31 Å². The number of sulfonamides is 1. The number of halogens is 1. The van der Waals surface area contributed by atoms with Crippen LogP contribution in [0, 0.1) is 0 Å². The summed E-state index contributed by atoms with van der Waals surface area (Å²) in [6.45, 7) is 0.557. The fourth-order valence-electron chi connectivity index (χ4n) is 2.79. The van der Waals surface area contributed by atoms with Crippen LogP contribution >= 0.6 is 15.9 Å². The normalized spacial score (nSPS) is 14.9. The largest absolute Gasteiger partial charge is 0.454 e. The van der Waals surface area contributed by atoms with E-state index in [-0.39, 0.29) is 16.2 Å². The summed E-state index contributed by atoms with van der Waals surface area (Å²) >= 11 is 3.29. The number of nitrogens with zero attached hydrogens (tertiary/aromatic N) is 1. The first kappa shape index (κ1) is 19.7. The quantitative estimate of drug-likeness (QED) is 0.497. The molecule has 27 heavy (non-hydrogen) atoms. The van der Waals surface area contributed by atoms with Crippen molar-refractivity contribution in [1.29, 1.82) is 0 Å². The lowest BCUT2D eigenvalue weighted by Gasteiger charge is -2.15. The smallest absolute Gasteiger partial charge is 0.338 e. The zero-order valence-electron chi connectivity index (χ0n) is 14.4. The highest BCUT2D eigenvalue weighted by molar-refractivity contribution is 9.10.